The lowest BCUT2D eigenvalue weighted by atomic mass is 10.2. The Balaban J connectivity index is 0.000000450. The van der Waals surface area contributed by atoms with Gasteiger partial charge in [0, 0.05) is 0 Å². The van der Waals surface area contributed by atoms with E-state index in [-0.39, 0.29) is 0 Å². The van der Waals surface area contributed by atoms with Gasteiger partial charge in [-0.1, -0.05) is 32.4 Å². The van der Waals surface area contributed by atoms with Gasteiger partial charge in [0.05, 0.1) is 5.69 Å². The van der Waals surface area contributed by atoms with Crippen LogP contribution in [0.3, 0.4) is 0 Å². The zero-order valence-electron chi connectivity index (χ0n) is 11.1. The monoisotopic (exact) mass is 234 g/mol. The Morgan fingerprint density at radius 3 is 2.35 bits per heavy atom. The van der Waals surface area contributed by atoms with E-state index in [1.807, 2.05) is 12.1 Å². The first-order valence-corrected chi connectivity index (χ1v) is 5.77. The number of aromatic nitrogens is 3. The number of benzene rings is 1. The highest BCUT2D eigenvalue weighted by atomic mass is 15.3. The summed E-state index contributed by atoms with van der Waals surface area (Å²) in [6, 6.07) is 8.13. The number of nitrogens with zero attached hydrogens (tertiary/aromatic N) is 3. The lowest BCUT2D eigenvalue weighted by Gasteiger charge is -1.99. The second-order valence-corrected chi connectivity index (χ2v) is 3.39. The van der Waals surface area contributed by atoms with E-state index in [1.54, 1.807) is 11.0 Å². The summed E-state index contributed by atoms with van der Waals surface area (Å²) in [4.78, 5) is 3.88. The van der Waals surface area contributed by atoms with Gasteiger partial charge in [-0.2, -0.15) is 5.10 Å². The topological polar surface area (TPSA) is 56.7 Å². The number of aryl methyl sites for hydroxylation is 1. The van der Waals surface area contributed by atoms with E-state index in [2.05, 4.69) is 48.7 Å². The van der Waals surface area contributed by atoms with Gasteiger partial charge in [0.2, 0.25) is 0 Å². The molecule has 0 saturated heterocycles. The molecule has 0 fully saturated rings. The number of rotatable bonds is 1. The second-order valence-electron chi connectivity index (χ2n) is 3.39. The van der Waals surface area contributed by atoms with Crippen molar-refractivity contribution in [1.29, 1.82) is 0 Å². The first kappa shape index (κ1) is 15.3. The molecule has 17 heavy (non-hydrogen) atoms. The van der Waals surface area contributed by atoms with Gasteiger partial charge in [0.25, 0.3) is 0 Å². The lowest BCUT2D eigenvalue weighted by molar-refractivity contribution is 0.877. The van der Waals surface area contributed by atoms with Crippen molar-refractivity contribution in [2.24, 2.45) is 5.73 Å². The molecule has 0 aliphatic carbocycles. The normalized spacial score (nSPS) is 8.53. The molecule has 1 heterocycles. The predicted octanol–water partition coefficient (Wildman–Crippen LogP) is 2.57. The maximum Gasteiger partial charge on any atom is 0.138 e. The molecule has 4 heteroatoms. The van der Waals surface area contributed by atoms with Gasteiger partial charge in [0.1, 0.15) is 12.7 Å². The summed E-state index contributed by atoms with van der Waals surface area (Å²) in [7, 11) is 1.50. The first-order valence-electron chi connectivity index (χ1n) is 5.77. The molecule has 2 aromatic rings. The van der Waals surface area contributed by atoms with Crippen LogP contribution in [0.25, 0.3) is 5.69 Å². The highest BCUT2D eigenvalue weighted by Crippen LogP contribution is 2.06. The summed E-state index contributed by atoms with van der Waals surface area (Å²) in [6.07, 6.45) is 4.47. The maximum absolute atomic E-state index is 4.50. The molecule has 0 radical (unpaired) electrons. The summed E-state index contributed by atoms with van der Waals surface area (Å²) < 4.78 is 1.74. The Labute approximate surface area is 103 Å². The summed E-state index contributed by atoms with van der Waals surface area (Å²) >= 11 is 0. The molecule has 0 saturated carbocycles. The minimum atomic E-state index is 1.05. The fourth-order valence-corrected chi connectivity index (χ4v) is 1.11. The quantitative estimate of drug-likeness (QED) is 0.825. The standard InChI is InChI=1S/C9H9N3.C3H8.CH5N/c1-8-3-2-4-9(5-8)12-7-10-6-11-12;1-3-2;1-2/h2-7H,1H3;3H2,1-2H3;2H2,1H3. The van der Waals surface area contributed by atoms with Gasteiger partial charge in [-0.25, -0.2) is 9.67 Å². The van der Waals surface area contributed by atoms with Crippen LogP contribution >= 0.6 is 0 Å². The van der Waals surface area contributed by atoms with Crippen LogP contribution in [0.15, 0.2) is 36.9 Å². The van der Waals surface area contributed by atoms with Crippen molar-refractivity contribution in [3.05, 3.63) is 42.5 Å². The largest absolute Gasteiger partial charge is 0.333 e. The van der Waals surface area contributed by atoms with Gasteiger partial charge in [-0.3, -0.25) is 0 Å². The Morgan fingerprint density at radius 1 is 1.24 bits per heavy atom. The maximum atomic E-state index is 4.50. The Morgan fingerprint density at radius 2 is 1.88 bits per heavy atom. The average Bonchev–Trinajstić information content (AvgIpc) is 2.86. The molecule has 0 atom stereocenters. The molecule has 0 spiro atoms. The molecule has 0 unspecified atom stereocenters. The van der Waals surface area contributed by atoms with Crippen molar-refractivity contribution in [2.75, 3.05) is 7.05 Å². The van der Waals surface area contributed by atoms with E-state index >= 15 is 0 Å². The molecule has 94 valence electrons. The third-order valence-electron chi connectivity index (χ3n) is 1.68. The molecule has 1 aromatic carbocycles. The van der Waals surface area contributed by atoms with Crippen LogP contribution < -0.4 is 5.73 Å². The van der Waals surface area contributed by atoms with Crippen LogP contribution in [0.5, 0.6) is 0 Å². The third-order valence-corrected chi connectivity index (χ3v) is 1.68. The number of hydrogen-bond acceptors (Lipinski definition) is 3. The molecule has 2 N–H and O–H groups in total. The van der Waals surface area contributed by atoms with Crippen molar-refractivity contribution in [3.63, 3.8) is 0 Å². The molecular weight excluding hydrogens is 212 g/mol. The molecule has 1 aromatic heterocycles. The van der Waals surface area contributed by atoms with Crippen molar-refractivity contribution >= 4 is 0 Å². The zero-order chi connectivity index (χ0) is 13.1. The van der Waals surface area contributed by atoms with Gasteiger partial charge in [0.15, 0.2) is 0 Å². The molecular formula is C13H22N4. The summed E-state index contributed by atoms with van der Waals surface area (Å²) in [5.41, 5.74) is 6.77. The highest BCUT2D eigenvalue weighted by molar-refractivity contribution is 5.33. The first-order chi connectivity index (χ1) is 8.27. The smallest absolute Gasteiger partial charge is 0.138 e. The molecule has 0 bridgehead atoms. The fourth-order valence-electron chi connectivity index (χ4n) is 1.11. The van der Waals surface area contributed by atoms with E-state index in [1.165, 1.54) is 25.4 Å². The van der Waals surface area contributed by atoms with Gasteiger partial charge >= 0.3 is 0 Å². The van der Waals surface area contributed by atoms with Crippen LogP contribution in [0.2, 0.25) is 0 Å². The van der Waals surface area contributed by atoms with Crippen LogP contribution in [0, 0.1) is 6.92 Å². The fraction of sp³-hybridized carbons (Fsp3) is 0.385. The molecule has 0 aliphatic heterocycles. The zero-order valence-corrected chi connectivity index (χ0v) is 11.1. The summed E-state index contributed by atoms with van der Waals surface area (Å²) in [6.45, 7) is 6.31. The van der Waals surface area contributed by atoms with Crippen molar-refractivity contribution in [1.82, 2.24) is 14.8 Å². The minimum absolute atomic E-state index is 1.05. The van der Waals surface area contributed by atoms with Gasteiger partial charge in [-0.05, 0) is 31.7 Å². The van der Waals surface area contributed by atoms with Gasteiger partial charge in [-0.15, -0.1) is 0 Å². The SMILES string of the molecule is CCC.CN.Cc1cccc(-n2cncn2)c1. The molecule has 2 rings (SSSR count). The van der Waals surface area contributed by atoms with Crippen molar-refractivity contribution in [3.8, 4) is 5.69 Å². The van der Waals surface area contributed by atoms with E-state index in [4.69, 9.17) is 0 Å². The van der Waals surface area contributed by atoms with E-state index in [0.29, 0.717) is 0 Å². The van der Waals surface area contributed by atoms with E-state index in [0.717, 1.165) is 5.69 Å². The van der Waals surface area contributed by atoms with Crippen LogP contribution in [-0.2, 0) is 0 Å². The highest BCUT2D eigenvalue weighted by Gasteiger charge is 1.94. The van der Waals surface area contributed by atoms with E-state index < -0.39 is 0 Å². The Hall–Kier alpha value is -1.68. The predicted molar refractivity (Wildman–Crippen MR) is 72.2 cm³/mol. The minimum Gasteiger partial charge on any atom is -0.333 e. The van der Waals surface area contributed by atoms with Crippen LogP contribution in [0.1, 0.15) is 25.8 Å². The number of hydrogen-bond donors (Lipinski definition) is 1. The van der Waals surface area contributed by atoms with Crippen LogP contribution in [0.4, 0.5) is 0 Å². The summed E-state index contributed by atoms with van der Waals surface area (Å²) in [5, 5.41) is 4.03. The van der Waals surface area contributed by atoms with Crippen LogP contribution in [-0.4, -0.2) is 21.8 Å². The average molecular weight is 234 g/mol. The third kappa shape index (κ3) is 5.82. The van der Waals surface area contributed by atoms with E-state index in [9.17, 15) is 0 Å². The molecule has 0 amide bonds. The van der Waals surface area contributed by atoms with Crippen molar-refractivity contribution in [2.45, 2.75) is 27.2 Å². The van der Waals surface area contributed by atoms with Gasteiger partial charge < -0.3 is 5.73 Å². The Bertz CT molecular complexity index is 382. The van der Waals surface area contributed by atoms with Crippen molar-refractivity contribution < 1.29 is 0 Å². The lowest BCUT2D eigenvalue weighted by Crippen LogP contribution is -1.93. The number of nitrogens with two attached hydrogens (primary N) is 1. The Kier molecular flexibility index (Phi) is 8.60. The second kappa shape index (κ2) is 9.54. The molecule has 4 nitrogen and oxygen atoms in total. The summed E-state index contributed by atoms with van der Waals surface area (Å²) in [5.74, 6) is 0. The molecule has 0 aliphatic rings.